The standard InChI is InChI=1S/C9H15F2N.C2H6/c1-4-5-9(11)8(6-12-3)7(2)10;1-2/h5,12H,4,6H2,1-3H3;1-2H3/b8-7+,9-5+;. The monoisotopic (exact) mass is 205 g/mol. The Kier molecular flexibility index (Phi) is 11.7. The van der Waals surface area contributed by atoms with Crippen molar-refractivity contribution in [1.82, 2.24) is 5.32 Å². The van der Waals surface area contributed by atoms with Crippen molar-refractivity contribution in [3.05, 3.63) is 23.3 Å². The maximum atomic E-state index is 13.0. The molecular formula is C11H21F2N. The van der Waals surface area contributed by atoms with Crippen LogP contribution in [0, 0.1) is 0 Å². The van der Waals surface area contributed by atoms with Gasteiger partial charge in [-0.15, -0.1) is 0 Å². The summed E-state index contributed by atoms with van der Waals surface area (Å²) in [5.74, 6) is -0.932. The smallest absolute Gasteiger partial charge is 0.126 e. The lowest BCUT2D eigenvalue weighted by molar-refractivity contribution is 0.579. The zero-order valence-corrected chi connectivity index (χ0v) is 9.75. The van der Waals surface area contributed by atoms with E-state index in [4.69, 9.17) is 0 Å². The zero-order chi connectivity index (χ0) is 11.6. The molecule has 0 unspecified atom stereocenters. The second-order valence-electron chi connectivity index (χ2n) is 2.50. The first-order chi connectivity index (χ1) is 6.63. The van der Waals surface area contributed by atoms with Crippen LogP contribution < -0.4 is 5.32 Å². The number of halogens is 2. The van der Waals surface area contributed by atoms with E-state index in [1.54, 1.807) is 7.05 Å². The molecule has 0 aromatic rings. The average molecular weight is 205 g/mol. The van der Waals surface area contributed by atoms with Crippen molar-refractivity contribution >= 4 is 0 Å². The summed E-state index contributed by atoms with van der Waals surface area (Å²) in [6, 6.07) is 0. The number of hydrogen-bond acceptors (Lipinski definition) is 1. The van der Waals surface area contributed by atoms with E-state index in [9.17, 15) is 8.78 Å². The average Bonchev–Trinajstić information content (AvgIpc) is 2.17. The van der Waals surface area contributed by atoms with Gasteiger partial charge in [0.1, 0.15) is 11.7 Å². The normalized spacial score (nSPS) is 12.9. The third kappa shape index (κ3) is 6.78. The van der Waals surface area contributed by atoms with Gasteiger partial charge >= 0.3 is 0 Å². The predicted molar refractivity (Wildman–Crippen MR) is 58.6 cm³/mol. The molecule has 0 radical (unpaired) electrons. The predicted octanol–water partition coefficient (Wildman–Crippen LogP) is 3.74. The van der Waals surface area contributed by atoms with E-state index >= 15 is 0 Å². The van der Waals surface area contributed by atoms with Gasteiger partial charge in [0.05, 0.1) is 0 Å². The minimum atomic E-state index is -0.466. The summed E-state index contributed by atoms with van der Waals surface area (Å²) in [6.45, 7) is 7.30. The van der Waals surface area contributed by atoms with E-state index in [1.807, 2.05) is 20.8 Å². The highest BCUT2D eigenvalue weighted by Gasteiger charge is 2.06. The van der Waals surface area contributed by atoms with Gasteiger partial charge in [0.15, 0.2) is 0 Å². The molecule has 14 heavy (non-hydrogen) atoms. The van der Waals surface area contributed by atoms with Crippen LogP contribution in [-0.2, 0) is 0 Å². The van der Waals surface area contributed by atoms with Crippen molar-refractivity contribution in [2.24, 2.45) is 0 Å². The Morgan fingerprint density at radius 1 is 1.29 bits per heavy atom. The van der Waals surface area contributed by atoms with E-state index in [0.29, 0.717) is 6.42 Å². The maximum absolute atomic E-state index is 13.0. The van der Waals surface area contributed by atoms with Gasteiger partial charge < -0.3 is 5.32 Å². The molecule has 0 spiro atoms. The van der Waals surface area contributed by atoms with Gasteiger partial charge in [-0.1, -0.05) is 20.8 Å². The summed E-state index contributed by atoms with van der Waals surface area (Å²) in [7, 11) is 1.65. The van der Waals surface area contributed by atoms with E-state index < -0.39 is 11.7 Å². The zero-order valence-electron chi connectivity index (χ0n) is 9.75. The number of rotatable bonds is 4. The minimum absolute atomic E-state index is 0.111. The Morgan fingerprint density at radius 3 is 2.07 bits per heavy atom. The molecule has 0 saturated carbocycles. The number of nitrogens with one attached hydrogen (secondary N) is 1. The number of allylic oxidation sites excluding steroid dienone is 2. The Bertz CT molecular complexity index is 191. The molecule has 3 heteroatoms. The lowest BCUT2D eigenvalue weighted by atomic mass is 10.2. The molecule has 1 nitrogen and oxygen atoms in total. The summed E-state index contributed by atoms with van der Waals surface area (Å²) in [4.78, 5) is 0. The minimum Gasteiger partial charge on any atom is -0.315 e. The molecule has 0 bridgehead atoms. The van der Waals surface area contributed by atoms with Crippen LogP contribution in [-0.4, -0.2) is 13.6 Å². The highest BCUT2D eigenvalue weighted by Crippen LogP contribution is 2.16. The molecule has 0 aromatic carbocycles. The van der Waals surface area contributed by atoms with Crippen molar-refractivity contribution in [2.45, 2.75) is 34.1 Å². The molecule has 0 atom stereocenters. The topological polar surface area (TPSA) is 12.0 Å². The van der Waals surface area contributed by atoms with Crippen LogP contribution in [0.4, 0.5) is 8.78 Å². The van der Waals surface area contributed by atoms with E-state index in [0.717, 1.165) is 0 Å². The molecule has 1 N–H and O–H groups in total. The highest BCUT2D eigenvalue weighted by atomic mass is 19.1. The molecular weight excluding hydrogens is 184 g/mol. The first-order valence-corrected chi connectivity index (χ1v) is 4.99. The first kappa shape index (κ1) is 15.8. The summed E-state index contributed by atoms with van der Waals surface area (Å²) < 4.78 is 25.7. The molecule has 0 aromatic heterocycles. The molecule has 0 aliphatic heterocycles. The second-order valence-corrected chi connectivity index (χ2v) is 2.50. The van der Waals surface area contributed by atoms with E-state index in [-0.39, 0.29) is 12.1 Å². The third-order valence-corrected chi connectivity index (χ3v) is 1.44. The van der Waals surface area contributed by atoms with Crippen LogP contribution in [0.15, 0.2) is 23.3 Å². The van der Waals surface area contributed by atoms with Gasteiger partial charge in [-0.3, -0.25) is 0 Å². The number of hydrogen-bond donors (Lipinski definition) is 1. The quantitative estimate of drug-likeness (QED) is 0.689. The molecule has 0 saturated heterocycles. The SMILES string of the molecule is CC.CC/C=C(F)\C(CNC)=C(/C)F. The number of likely N-dealkylation sites (N-methyl/N-ethyl adjacent to an activating group) is 1. The van der Waals surface area contributed by atoms with Crippen molar-refractivity contribution in [1.29, 1.82) is 0 Å². The summed E-state index contributed by atoms with van der Waals surface area (Å²) in [6.07, 6.45) is 1.95. The van der Waals surface area contributed by atoms with E-state index in [2.05, 4.69) is 5.32 Å². The molecule has 0 amide bonds. The molecule has 0 aliphatic rings. The van der Waals surface area contributed by atoms with Crippen LogP contribution in [0.25, 0.3) is 0 Å². The van der Waals surface area contributed by atoms with Crippen LogP contribution in [0.2, 0.25) is 0 Å². The van der Waals surface area contributed by atoms with Crippen LogP contribution in [0.5, 0.6) is 0 Å². The summed E-state index contributed by atoms with van der Waals surface area (Å²) in [5, 5.41) is 2.71. The van der Waals surface area contributed by atoms with Gasteiger partial charge in [0.25, 0.3) is 0 Å². The Morgan fingerprint density at radius 2 is 1.79 bits per heavy atom. The summed E-state index contributed by atoms with van der Waals surface area (Å²) in [5.41, 5.74) is 0.111. The van der Waals surface area contributed by atoms with Gasteiger partial charge in [0, 0.05) is 12.1 Å². The molecule has 0 aliphatic carbocycles. The van der Waals surface area contributed by atoms with Crippen LogP contribution >= 0.6 is 0 Å². The fourth-order valence-electron chi connectivity index (χ4n) is 0.850. The van der Waals surface area contributed by atoms with Crippen molar-refractivity contribution in [2.75, 3.05) is 13.6 Å². The van der Waals surface area contributed by atoms with Gasteiger partial charge in [0.2, 0.25) is 0 Å². The molecule has 0 fully saturated rings. The Labute approximate surface area is 85.9 Å². The Hall–Kier alpha value is -0.700. The van der Waals surface area contributed by atoms with Crippen molar-refractivity contribution in [3.8, 4) is 0 Å². The maximum Gasteiger partial charge on any atom is 0.126 e. The van der Waals surface area contributed by atoms with E-state index in [1.165, 1.54) is 13.0 Å². The lowest BCUT2D eigenvalue weighted by Crippen LogP contribution is -2.11. The largest absolute Gasteiger partial charge is 0.315 e. The highest BCUT2D eigenvalue weighted by molar-refractivity contribution is 5.28. The first-order valence-electron chi connectivity index (χ1n) is 4.99. The second kappa shape index (κ2) is 10.4. The molecule has 0 rings (SSSR count). The van der Waals surface area contributed by atoms with Crippen LogP contribution in [0.3, 0.4) is 0 Å². The van der Waals surface area contributed by atoms with Gasteiger partial charge in [-0.2, -0.15) is 0 Å². The lowest BCUT2D eigenvalue weighted by Gasteiger charge is -2.03. The Balaban J connectivity index is 0. The van der Waals surface area contributed by atoms with Crippen LogP contribution in [0.1, 0.15) is 34.1 Å². The fraction of sp³-hybridized carbons (Fsp3) is 0.636. The van der Waals surface area contributed by atoms with Crippen molar-refractivity contribution < 1.29 is 8.78 Å². The van der Waals surface area contributed by atoms with Gasteiger partial charge in [-0.05, 0) is 26.5 Å². The molecule has 84 valence electrons. The molecule has 0 heterocycles. The fourth-order valence-corrected chi connectivity index (χ4v) is 0.850. The summed E-state index contributed by atoms with van der Waals surface area (Å²) >= 11 is 0. The third-order valence-electron chi connectivity index (χ3n) is 1.44. The van der Waals surface area contributed by atoms with Gasteiger partial charge in [-0.25, -0.2) is 8.78 Å². The van der Waals surface area contributed by atoms with Crippen molar-refractivity contribution in [3.63, 3.8) is 0 Å².